The lowest BCUT2D eigenvalue weighted by molar-refractivity contribution is 0.0486. The van der Waals surface area contributed by atoms with E-state index < -0.39 is 0 Å². The van der Waals surface area contributed by atoms with Crippen LogP contribution >= 0.6 is 11.3 Å². The fourth-order valence-corrected chi connectivity index (χ4v) is 4.65. The number of nitrogens with zero attached hydrogens (tertiary/aromatic N) is 1. The minimum absolute atomic E-state index is 0.391. The number of rotatable bonds is 1. The topological polar surface area (TPSA) is 29.3 Å². The Kier molecular flexibility index (Phi) is 3.48. The smallest absolute Gasteiger partial charge is 0.0362 e. The molecule has 1 aliphatic heterocycles. The second-order valence-corrected chi connectivity index (χ2v) is 7.00. The van der Waals surface area contributed by atoms with Gasteiger partial charge >= 0.3 is 0 Å². The summed E-state index contributed by atoms with van der Waals surface area (Å²) in [5.74, 6) is 0.614. The minimum Gasteiger partial charge on any atom is -0.327 e. The highest BCUT2D eigenvalue weighted by Crippen LogP contribution is 2.40. The first-order valence-electron chi connectivity index (χ1n) is 7.26. The molecule has 3 rings (SSSR count). The highest BCUT2D eigenvalue weighted by Gasteiger charge is 2.36. The van der Waals surface area contributed by atoms with E-state index in [-0.39, 0.29) is 0 Å². The van der Waals surface area contributed by atoms with E-state index in [9.17, 15) is 0 Å². The van der Waals surface area contributed by atoms with E-state index in [0.717, 1.165) is 6.42 Å². The van der Waals surface area contributed by atoms with Gasteiger partial charge in [-0.25, -0.2) is 0 Å². The third kappa shape index (κ3) is 2.02. The number of aryl methyl sites for hydroxylation is 1. The molecule has 0 radical (unpaired) electrons. The number of fused-ring (bicyclic) bond motifs is 1. The second kappa shape index (κ2) is 4.95. The normalized spacial score (nSPS) is 37.5. The molecule has 2 aliphatic rings. The van der Waals surface area contributed by atoms with Gasteiger partial charge in [0.1, 0.15) is 0 Å². The standard InChI is InChI=1S/C15H24N2S/c1-10-11(2)17(8-6-13(10)16)14-4-3-5-15-12(14)7-9-18-15/h7,9-11,13-14H,3-6,8,16H2,1-2H3. The average Bonchev–Trinajstić information content (AvgIpc) is 2.84. The maximum Gasteiger partial charge on any atom is 0.0362 e. The molecule has 0 aromatic carbocycles. The molecule has 0 bridgehead atoms. The zero-order valence-electron chi connectivity index (χ0n) is 11.4. The van der Waals surface area contributed by atoms with Crippen molar-refractivity contribution in [2.45, 2.75) is 57.7 Å². The van der Waals surface area contributed by atoms with Crippen molar-refractivity contribution in [3.8, 4) is 0 Å². The van der Waals surface area contributed by atoms with Crippen LogP contribution in [-0.2, 0) is 6.42 Å². The van der Waals surface area contributed by atoms with Crippen molar-refractivity contribution < 1.29 is 0 Å². The molecule has 1 saturated heterocycles. The molecule has 1 aliphatic carbocycles. The Hall–Kier alpha value is -0.380. The second-order valence-electron chi connectivity index (χ2n) is 6.00. The summed E-state index contributed by atoms with van der Waals surface area (Å²) in [5.41, 5.74) is 7.82. The molecule has 4 atom stereocenters. The first kappa shape index (κ1) is 12.6. The van der Waals surface area contributed by atoms with Gasteiger partial charge in [-0.3, -0.25) is 4.90 Å². The molecule has 3 heteroatoms. The molecule has 2 nitrogen and oxygen atoms in total. The summed E-state index contributed by atoms with van der Waals surface area (Å²) in [6, 6.07) is 4.02. The Bertz CT molecular complexity index is 414. The monoisotopic (exact) mass is 264 g/mol. The van der Waals surface area contributed by atoms with E-state index in [1.807, 2.05) is 11.3 Å². The van der Waals surface area contributed by atoms with Crippen LogP contribution in [-0.4, -0.2) is 23.5 Å². The van der Waals surface area contributed by atoms with E-state index in [0.29, 0.717) is 24.0 Å². The molecule has 1 aromatic rings. The van der Waals surface area contributed by atoms with Crippen LogP contribution in [0.3, 0.4) is 0 Å². The minimum atomic E-state index is 0.391. The maximum atomic E-state index is 6.21. The Balaban J connectivity index is 1.84. The van der Waals surface area contributed by atoms with Crippen molar-refractivity contribution in [3.05, 3.63) is 21.9 Å². The van der Waals surface area contributed by atoms with Gasteiger partial charge in [-0.05, 0) is 55.5 Å². The zero-order valence-corrected chi connectivity index (χ0v) is 12.2. The molecular weight excluding hydrogens is 240 g/mol. The van der Waals surface area contributed by atoms with Crippen LogP contribution in [0.2, 0.25) is 0 Å². The number of piperidine rings is 1. The summed E-state index contributed by atoms with van der Waals surface area (Å²) in [4.78, 5) is 4.35. The van der Waals surface area contributed by atoms with Crippen molar-refractivity contribution in [2.75, 3.05) is 6.54 Å². The van der Waals surface area contributed by atoms with E-state index >= 15 is 0 Å². The molecule has 1 aromatic heterocycles. The highest BCUT2D eigenvalue weighted by molar-refractivity contribution is 7.10. The van der Waals surface area contributed by atoms with Gasteiger partial charge in [0.05, 0.1) is 0 Å². The van der Waals surface area contributed by atoms with Crippen LogP contribution in [0.25, 0.3) is 0 Å². The number of nitrogens with two attached hydrogens (primary N) is 1. The molecule has 0 amide bonds. The van der Waals surface area contributed by atoms with Crippen LogP contribution in [0.15, 0.2) is 11.4 Å². The lowest BCUT2D eigenvalue weighted by Gasteiger charge is -2.46. The number of likely N-dealkylation sites (tertiary alicyclic amines) is 1. The van der Waals surface area contributed by atoms with E-state index in [4.69, 9.17) is 5.73 Å². The number of hydrogen-bond acceptors (Lipinski definition) is 3. The maximum absolute atomic E-state index is 6.21. The summed E-state index contributed by atoms with van der Waals surface area (Å²) < 4.78 is 0. The van der Waals surface area contributed by atoms with Crippen LogP contribution < -0.4 is 5.73 Å². The van der Waals surface area contributed by atoms with Gasteiger partial charge in [0.25, 0.3) is 0 Å². The third-order valence-electron chi connectivity index (χ3n) is 5.10. The van der Waals surface area contributed by atoms with Crippen molar-refractivity contribution in [3.63, 3.8) is 0 Å². The van der Waals surface area contributed by atoms with Gasteiger partial charge in [-0.1, -0.05) is 6.92 Å². The van der Waals surface area contributed by atoms with Crippen LogP contribution in [0.5, 0.6) is 0 Å². The Morgan fingerprint density at radius 2 is 2.17 bits per heavy atom. The van der Waals surface area contributed by atoms with E-state index in [1.54, 1.807) is 10.4 Å². The van der Waals surface area contributed by atoms with Gasteiger partial charge in [-0.15, -0.1) is 11.3 Å². The lowest BCUT2D eigenvalue weighted by Crippen LogP contribution is -2.53. The summed E-state index contributed by atoms with van der Waals surface area (Å²) >= 11 is 1.94. The van der Waals surface area contributed by atoms with Crippen molar-refractivity contribution in [1.29, 1.82) is 0 Å². The van der Waals surface area contributed by atoms with Crippen LogP contribution in [0, 0.1) is 5.92 Å². The highest BCUT2D eigenvalue weighted by atomic mass is 32.1. The fourth-order valence-electron chi connectivity index (χ4n) is 3.67. The molecule has 1 fully saturated rings. The molecule has 0 spiro atoms. The van der Waals surface area contributed by atoms with E-state index in [1.165, 1.54) is 25.8 Å². The van der Waals surface area contributed by atoms with Crippen molar-refractivity contribution >= 4 is 11.3 Å². The fraction of sp³-hybridized carbons (Fsp3) is 0.733. The van der Waals surface area contributed by atoms with Crippen LogP contribution in [0.1, 0.15) is 49.6 Å². The Morgan fingerprint density at radius 1 is 1.33 bits per heavy atom. The first-order chi connectivity index (χ1) is 8.68. The molecular formula is C15H24N2S. The Labute approximate surface area is 114 Å². The quantitative estimate of drug-likeness (QED) is 0.844. The van der Waals surface area contributed by atoms with Gasteiger partial charge < -0.3 is 5.73 Å². The molecule has 0 saturated carbocycles. The first-order valence-corrected chi connectivity index (χ1v) is 8.14. The summed E-state index contributed by atoms with van der Waals surface area (Å²) in [7, 11) is 0. The van der Waals surface area contributed by atoms with Crippen LogP contribution in [0.4, 0.5) is 0 Å². The molecule has 100 valence electrons. The predicted octanol–water partition coefficient (Wildman–Crippen LogP) is 3.18. The lowest BCUT2D eigenvalue weighted by atomic mass is 9.83. The number of hydrogen-bond donors (Lipinski definition) is 1. The van der Waals surface area contributed by atoms with Gasteiger partial charge in [-0.2, -0.15) is 0 Å². The van der Waals surface area contributed by atoms with Gasteiger partial charge in [0.2, 0.25) is 0 Å². The third-order valence-corrected chi connectivity index (χ3v) is 6.10. The van der Waals surface area contributed by atoms with Crippen molar-refractivity contribution in [2.24, 2.45) is 11.7 Å². The average molecular weight is 264 g/mol. The summed E-state index contributed by atoms with van der Waals surface area (Å²) in [6.45, 7) is 5.86. The van der Waals surface area contributed by atoms with Gasteiger partial charge in [0, 0.05) is 29.5 Å². The molecule has 18 heavy (non-hydrogen) atoms. The SMILES string of the molecule is CC1C(N)CCN(C2CCCc3sccc32)C1C. The summed E-state index contributed by atoms with van der Waals surface area (Å²) in [5, 5.41) is 2.27. The summed E-state index contributed by atoms with van der Waals surface area (Å²) in [6.07, 6.45) is 5.13. The molecule has 2 N–H and O–H groups in total. The predicted molar refractivity (Wildman–Crippen MR) is 77.9 cm³/mol. The number of thiophene rings is 1. The molecule has 2 heterocycles. The largest absolute Gasteiger partial charge is 0.327 e. The van der Waals surface area contributed by atoms with Crippen molar-refractivity contribution in [1.82, 2.24) is 4.90 Å². The van der Waals surface area contributed by atoms with Gasteiger partial charge in [0.15, 0.2) is 0 Å². The van der Waals surface area contributed by atoms with E-state index in [2.05, 4.69) is 30.2 Å². The molecule has 4 unspecified atom stereocenters. The Morgan fingerprint density at radius 3 is 3.00 bits per heavy atom. The zero-order chi connectivity index (χ0) is 12.7.